The Balaban J connectivity index is 1.46. The van der Waals surface area contributed by atoms with E-state index in [0.717, 1.165) is 10.4 Å². The van der Waals surface area contributed by atoms with Crippen LogP contribution in [0.4, 0.5) is 11.4 Å². The van der Waals surface area contributed by atoms with E-state index in [1.807, 2.05) is 13.8 Å². The van der Waals surface area contributed by atoms with Crippen LogP contribution in [0.25, 0.3) is 11.0 Å². The van der Waals surface area contributed by atoms with Crippen molar-refractivity contribution in [3.63, 3.8) is 0 Å². The topological polar surface area (TPSA) is 189 Å². The highest BCUT2D eigenvalue weighted by atomic mass is 32.2. The van der Waals surface area contributed by atoms with Crippen molar-refractivity contribution in [2.45, 2.75) is 51.5 Å². The van der Waals surface area contributed by atoms with E-state index in [-0.39, 0.29) is 70.9 Å². The van der Waals surface area contributed by atoms with Gasteiger partial charge >= 0.3 is 16.2 Å². The molecule has 3 aromatic rings. The molecular weight excluding hydrogens is 612 g/mol. The molecule has 2 aromatic heterocycles. The minimum absolute atomic E-state index is 0.0390. The molecule has 236 valence electrons. The molecule has 0 spiro atoms. The van der Waals surface area contributed by atoms with Crippen LogP contribution in [-0.4, -0.2) is 67.3 Å². The lowest BCUT2D eigenvalue weighted by atomic mass is 10.0. The van der Waals surface area contributed by atoms with Crippen LogP contribution in [0.1, 0.15) is 45.6 Å². The molecule has 1 aromatic carbocycles. The molecule has 0 radical (unpaired) electrons. The van der Waals surface area contributed by atoms with E-state index in [1.165, 1.54) is 22.9 Å². The molecule has 1 atom stereocenters. The van der Waals surface area contributed by atoms with Crippen molar-refractivity contribution >= 4 is 54.4 Å². The first-order valence-corrected chi connectivity index (χ1v) is 17.1. The molecule has 2 aliphatic heterocycles. The number of sulfonamides is 1. The number of carbonyl (C=O) groups excluding carboxylic acids is 1. The molecule has 0 amide bonds. The summed E-state index contributed by atoms with van der Waals surface area (Å²) >= 11 is 0. The second-order valence-corrected chi connectivity index (χ2v) is 14.3. The van der Waals surface area contributed by atoms with Crippen molar-refractivity contribution in [1.82, 2.24) is 13.9 Å². The van der Waals surface area contributed by atoms with Crippen molar-refractivity contribution in [3.05, 3.63) is 52.4 Å². The summed E-state index contributed by atoms with van der Waals surface area (Å²) < 4.78 is 66.8. The molecular formula is C28H34N6O8S2. The molecule has 0 saturated carbocycles. The van der Waals surface area contributed by atoms with Crippen molar-refractivity contribution in [2.75, 3.05) is 29.7 Å². The molecule has 16 heteroatoms. The Hall–Kier alpha value is -4.02. The molecule has 0 aliphatic carbocycles. The van der Waals surface area contributed by atoms with Crippen LogP contribution < -0.4 is 15.6 Å². The number of ether oxygens (including phenoxy) is 1. The van der Waals surface area contributed by atoms with Crippen molar-refractivity contribution in [3.8, 4) is 5.75 Å². The number of aromatic nitrogens is 2. The van der Waals surface area contributed by atoms with Crippen molar-refractivity contribution < 1.29 is 31.5 Å². The molecule has 5 rings (SSSR count). The zero-order valence-corrected chi connectivity index (χ0v) is 26.1. The summed E-state index contributed by atoms with van der Waals surface area (Å²) in [5, 5.41) is 14.2. The van der Waals surface area contributed by atoms with Gasteiger partial charge in [-0.15, -0.1) is 4.40 Å². The fourth-order valence-corrected chi connectivity index (χ4v) is 7.68. The Morgan fingerprint density at radius 1 is 1.27 bits per heavy atom. The van der Waals surface area contributed by atoms with E-state index in [0.29, 0.717) is 19.3 Å². The summed E-state index contributed by atoms with van der Waals surface area (Å²) in [6.45, 7) is 6.27. The van der Waals surface area contributed by atoms with Gasteiger partial charge < -0.3 is 15.2 Å². The fraction of sp³-hybridized carbons (Fsp3) is 0.429. The summed E-state index contributed by atoms with van der Waals surface area (Å²) in [5.74, 6) is -1.63. The van der Waals surface area contributed by atoms with Gasteiger partial charge in [0.05, 0.1) is 29.3 Å². The maximum absolute atomic E-state index is 13.6. The average Bonchev–Trinajstić information content (AvgIpc) is 2.97. The Bertz CT molecular complexity index is 1920. The van der Waals surface area contributed by atoms with Crippen LogP contribution >= 0.6 is 0 Å². The molecule has 4 heterocycles. The number of carbonyl (C=O) groups is 1. The van der Waals surface area contributed by atoms with E-state index >= 15 is 0 Å². The highest BCUT2D eigenvalue weighted by Gasteiger charge is 2.34. The maximum atomic E-state index is 13.6. The summed E-state index contributed by atoms with van der Waals surface area (Å²) in [5.41, 5.74) is -0.724. The monoisotopic (exact) mass is 646 g/mol. The molecule has 14 nitrogen and oxygen atoms in total. The second kappa shape index (κ2) is 12.2. The number of esters is 1. The van der Waals surface area contributed by atoms with Crippen LogP contribution in [0, 0.1) is 11.8 Å². The molecule has 44 heavy (non-hydrogen) atoms. The third kappa shape index (κ3) is 6.14. The highest BCUT2D eigenvalue weighted by Crippen LogP contribution is 2.34. The summed E-state index contributed by atoms with van der Waals surface area (Å²) in [4.78, 5) is 29.8. The molecule has 1 fully saturated rings. The molecule has 3 N–H and O–H groups in total. The first kappa shape index (κ1) is 31.4. The second-order valence-electron chi connectivity index (χ2n) is 11.0. The van der Waals surface area contributed by atoms with E-state index < -0.39 is 43.4 Å². The molecule has 0 bridgehead atoms. The van der Waals surface area contributed by atoms with Crippen LogP contribution in [0.5, 0.6) is 5.75 Å². The largest absolute Gasteiger partial charge is 0.506 e. The zero-order chi connectivity index (χ0) is 31.8. The Morgan fingerprint density at radius 3 is 2.77 bits per heavy atom. The minimum atomic E-state index is -4.45. The van der Waals surface area contributed by atoms with Gasteiger partial charge in [-0.05, 0) is 62.4 Å². The number of pyridine rings is 2. The number of nitrogens with zero attached hydrogens (tertiary/aromatic N) is 4. The normalized spacial score (nSPS) is 18.4. The molecule has 1 saturated heterocycles. The maximum Gasteiger partial charge on any atom is 0.310 e. The quantitative estimate of drug-likeness (QED) is 0.292. The lowest BCUT2D eigenvalue weighted by molar-refractivity contribution is -0.149. The number of hydrogen-bond donors (Lipinski definition) is 3. The van der Waals surface area contributed by atoms with E-state index in [2.05, 4.69) is 19.4 Å². The van der Waals surface area contributed by atoms with Gasteiger partial charge in [-0.3, -0.25) is 18.9 Å². The van der Waals surface area contributed by atoms with Gasteiger partial charge in [-0.2, -0.15) is 21.1 Å². The lowest BCUT2D eigenvalue weighted by Crippen LogP contribution is -2.45. The predicted molar refractivity (Wildman–Crippen MR) is 164 cm³/mol. The van der Waals surface area contributed by atoms with Crippen molar-refractivity contribution in [2.24, 2.45) is 16.2 Å². The average molecular weight is 647 g/mol. The number of piperidine rings is 1. The molecule has 1 unspecified atom stereocenters. The Labute approximate surface area is 255 Å². The van der Waals surface area contributed by atoms with Gasteiger partial charge in [0.15, 0.2) is 5.84 Å². The SMILES string of the molecule is CCOC(=O)C1CCCN(S(=O)(=O)Nc2ccc3c(c2)S(=O)(=O)N=C(c2c(O)c4cccnc4n(CCC(C)C)c2=O)N3)C1. The zero-order valence-electron chi connectivity index (χ0n) is 24.5. The van der Waals surface area contributed by atoms with Crippen LogP contribution in [0.15, 0.2) is 50.6 Å². The predicted octanol–water partition coefficient (Wildman–Crippen LogP) is 2.64. The Kier molecular flexibility index (Phi) is 8.68. The van der Waals surface area contributed by atoms with Gasteiger partial charge in [-0.1, -0.05) is 13.8 Å². The number of amidine groups is 1. The van der Waals surface area contributed by atoms with Crippen LogP contribution in [0.3, 0.4) is 0 Å². The standard InChI is InChI=1S/C28H34N6O8S2/c1-4-42-28(37)18-7-6-13-33(16-18)44(40,41)31-19-9-10-21-22(15-19)43(38,39)32-25(30-21)23-24(35)20-8-5-12-29-26(20)34(27(23)36)14-11-17(2)3/h5,8-10,12,15,17-18,31,35H,4,6-7,11,13-14,16H2,1-3H3,(H,30,32). The van der Waals surface area contributed by atoms with Gasteiger partial charge in [0.2, 0.25) is 0 Å². The third-order valence-corrected chi connectivity index (χ3v) is 10.3. The number of benzene rings is 1. The Morgan fingerprint density at radius 2 is 2.05 bits per heavy atom. The fourth-order valence-electron chi connectivity index (χ4n) is 5.23. The number of hydrogen-bond acceptors (Lipinski definition) is 10. The first-order valence-electron chi connectivity index (χ1n) is 14.2. The smallest absolute Gasteiger partial charge is 0.310 e. The number of nitrogens with one attached hydrogen (secondary N) is 2. The van der Waals surface area contributed by atoms with Crippen LogP contribution in [0.2, 0.25) is 0 Å². The first-order chi connectivity index (χ1) is 20.8. The van der Waals surface area contributed by atoms with Crippen LogP contribution in [-0.2, 0) is 36.3 Å². The highest BCUT2D eigenvalue weighted by molar-refractivity contribution is 7.91. The van der Waals surface area contributed by atoms with E-state index in [1.54, 1.807) is 19.1 Å². The number of anilines is 2. The molecule has 2 aliphatic rings. The van der Waals surface area contributed by atoms with E-state index in [9.17, 15) is 31.5 Å². The summed E-state index contributed by atoms with van der Waals surface area (Å²) in [6, 6.07) is 6.99. The van der Waals surface area contributed by atoms with Gasteiger partial charge in [0.1, 0.15) is 21.9 Å². The minimum Gasteiger partial charge on any atom is -0.506 e. The summed E-state index contributed by atoms with van der Waals surface area (Å²) in [7, 11) is -8.60. The van der Waals surface area contributed by atoms with E-state index in [4.69, 9.17) is 4.74 Å². The lowest BCUT2D eigenvalue weighted by Gasteiger charge is -2.30. The number of rotatable bonds is 9. The number of aromatic hydroxyl groups is 1. The number of aryl methyl sites for hydroxylation is 1. The third-order valence-electron chi connectivity index (χ3n) is 7.48. The van der Waals surface area contributed by atoms with Gasteiger partial charge in [0.25, 0.3) is 15.6 Å². The summed E-state index contributed by atoms with van der Waals surface area (Å²) in [6.07, 6.45) is 3.09. The van der Waals surface area contributed by atoms with Gasteiger partial charge in [0, 0.05) is 25.8 Å². The number of fused-ring (bicyclic) bond motifs is 2. The van der Waals surface area contributed by atoms with Crippen molar-refractivity contribution in [1.29, 1.82) is 0 Å². The van der Waals surface area contributed by atoms with Gasteiger partial charge in [-0.25, -0.2) is 4.98 Å².